The highest BCUT2D eigenvalue weighted by molar-refractivity contribution is 5.73. The summed E-state index contributed by atoms with van der Waals surface area (Å²) in [7, 11) is 0. The topological polar surface area (TPSA) is 89.8 Å². The SMILES string of the molecule is CC(C)(C)NCCc1ccc(O)c(CO)c1.O=C(O)C(F)(F)F. The van der Waals surface area contributed by atoms with Gasteiger partial charge in [0.15, 0.2) is 0 Å². The maximum atomic E-state index is 10.6. The average molecular weight is 337 g/mol. The van der Waals surface area contributed by atoms with E-state index in [1.54, 1.807) is 6.07 Å². The largest absolute Gasteiger partial charge is 0.508 e. The molecule has 5 nitrogen and oxygen atoms in total. The van der Waals surface area contributed by atoms with E-state index in [1.165, 1.54) is 0 Å². The van der Waals surface area contributed by atoms with Gasteiger partial charge in [0.1, 0.15) is 5.75 Å². The Kier molecular flexibility index (Phi) is 8.05. The van der Waals surface area contributed by atoms with Gasteiger partial charge in [-0.05, 0) is 51.4 Å². The van der Waals surface area contributed by atoms with Crippen molar-refractivity contribution in [3.05, 3.63) is 29.3 Å². The third-order valence-electron chi connectivity index (χ3n) is 2.63. The molecular weight excluding hydrogens is 315 g/mol. The Bertz CT molecular complexity index is 510. The van der Waals surface area contributed by atoms with Crippen molar-refractivity contribution in [2.75, 3.05) is 6.54 Å². The number of carboxylic acids is 1. The number of aromatic hydroxyl groups is 1. The van der Waals surface area contributed by atoms with Crippen molar-refractivity contribution in [3.63, 3.8) is 0 Å². The van der Waals surface area contributed by atoms with Crippen molar-refractivity contribution >= 4 is 5.97 Å². The second kappa shape index (κ2) is 8.73. The first-order chi connectivity index (χ1) is 10.4. The number of hydrogen-bond acceptors (Lipinski definition) is 4. The Hall–Kier alpha value is -1.80. The summed E-state index contributed by atoms with van der Waals surface area (Å²) in [5.41, 5.74) is 1.84. The molecule has 0 aromatic heterocycles. The molecule has 0 radical (unpaired) electrons. The third kappa shape index (κ3) is 9.75. The minimum Gasteiger partial charge on any atom is -0.508 e. The Morgan fingerprint density at radius 3 is 2.13 bits per heavy atom. The molecule has 0 amide bonds. The Balaban J connectivity index is 0.000000585. The molecule has 0 atom stereocenters. The van der Waals surface area contributed by atoms with Gasteiger partial charge in [0, 0.05) is 11.1 Å². The highest BCUT2D eigenvalue weighted by Crippen LogP contribution is 2.18. The van der Waals surface area contributed by atoms with Gasteiger partial charge in [0.2, 0.25) is 0 Å². The van der Waals surface area contributed by atoms with Crippen LogP contribution in [-0.2, 0) is 17.8 Å². The molecule has 0 spiro atoms. The molecule has 0 unspecified atom stereocenters. The van der Waals surface area contributed by atoms with Gasteiger partial charge < -0.3 is 20.6 Å². The van der Waals surface area contributed by atoms with E-state index < -0.39 is 12.1 Å². The molecule has 0 heterocycles. The van der Waals surface area contributed by atoms with Gasteiger partial charge in [-0.25, -0.2) is 4.79 Å². The van der Waals surface area contributed by atoms with Crippen molar-refractivity contribution < 1.29 is 33.3 Å². The van der Waals surface area contributed by atoms with E-state index in [0.29, 0.717) is 5.56 Å². The molecule has 1 aromatic rings. The van der Waals surface area contributed by atoms with E-state index in [2.05, 4.69) is 26.1 Å². The molecule has 0 aliphatic heterocycles. The minimum absolute atomic E-state index is 0.119. The lowest BCUT2D eigenvalue weighted by Crippen LogP contribution is -2.37. The molecular formula is C15H22F3NO4. The van der Waals surface area contributed by atoms with E-state index in [4.69, 9.17) is 15.0 Å². The van der Waals surface area contributed by atoms with Crippen LogP contribution in [0.2, 0.25) is 0 Å². The predicted molar refractivity (Wildman–Crippen MR) is 79.2 cm³/mol. The van der Waals surface area contributed by atoms with Gasteiger partial charge in [-0.3, -0.25) is 0 Å². The van der Waals surface area contributed by atoms with Crippen LogP contribution >= 0.6 is 0 Å². The molecule has 0 fully saturated rings. The molecule has 23 heavy (non-hydrogen) atoms. The number of phenols is 1. The summed E-state index contributed by atoms with van der Waals surface area (Å²) in [6, 6.07) is 5.37. The zero-order valence-electron chi connectivity index (χ0n) is 13.2. The third-order valence-corrected chi connectivity index (χ3v) is 2.63. The number of benzene rings is 1. The molecule has 0 bridgehead atoms. The van der Waals surface area contributed by atoms with Crippen LogP contribution in [-0.4, -0.2) is 39.5 Å². The fourth-order valence-electron chi connectivity index (χ4n) is 1.50. The molecule has 132 valence electrons. The summed E-state index contributed by atoms with van der Waals surface area (Å²) in [5, 5.41) is 29.0. The normalized spacial score (nSPS) is 11.6. The molecule has 4 N–H and O–H groups in total. The maximum absolute atomic E-state index is 10.6. The van der Waals surface area contributed by atoms with Crippen molar-refractivity contribution in [1.82, 2.24) is 5.32 Å². The number of aliphatic hydroxyl groups is 1. The summed E-state index contributed by atoms with van der Waals surface area (Å²) in [6.07, 6.45) is -4.19. The van der Waals surface area contributed by atoms with E-state index in [9.17, 15) is 18.3 Å². The summed E-state index contributed by atoms with van der Waals surface area (Å²) < 4.78 is 31.7. The zero-order chi connectivity index (χ0) is 18.3. The van der Waals surface area contributed by atoms with E-state index >= 15 is 0 Å². The second-order valence-corrected chi connectivity index (χ2v) is 5.85. The molecule has 1 rings (SSSR count). The van der Waals surface area contributed by atoms with Crippen LogP contribution in [0.1, 0.15) is 31.9 Å². The Morgan fingerprint density at radius 2 is 1.74 bits per heavy atom. The highest BCUT2D eigenvalue weighted by atomic mass is 19.4. The maximum Gasteiger partial charge on any atom is 0.490 e. The van der Waals surface area contributed by atoms with Gasteiger partial charge in [-0.15, -0.1) is 0 Å². The lowest BCUT2D eigenvalue weighted by atomic mass is 10.1. The van der Waals surface area contributed by atoms with Crippen molar-refractivity contribution in [3.8, 4) is 5.75 Å². The van der Waals surface area contributed by atoms with Crippen LogP contribution in [0.4, 0.5) is 13.2 Å². The van der Waals surface area contributed by atoms with Crippen LogP contribution in [0.5, 0.6) is 5.75 Å². The zero-order valence-corrected chi connectivity index (χ0v) is 13.2. The number of hydrogen-bond donors (Lipinski definition) is 4. The summed E-state index contributed by atoms with van der Waals surface area (Å²) in [4.78, 5) is 8.90. The summed E-state index contributed by atoms with van der Waals surface area (Å²) >= 11 is 0. The molecule has 8 heteroatoms. The molecule has 0 aliphatic rings. The highest BCUT2D eigenvalue weighted by Gasteiger charge is 2.38. The van der Waals surface area contributed by atoms with Crippen molar-refractivity contribution in [2.24, 2.45) is 0 Å². The van der Waals surface area contributed by atoms with Crippen LogP contribution in [0.15, 0.2) is 18.2 Å². The standard InChI is InChI=1S/C13H21NO2.C2HF3O2/c1-13(2,3)14-7-6-10-4-5-12(16)11(8-10)9-15;3-2(4,5)1(6)7/h4-5,8,14-16H,6-7,9H2,1-3H3;(H,6,7). The van der Waals surface area contributed by atoms with Gasteiger partial charge in [0.25, 0.3) is 0 Å². The predicted octanol–water partition coefficient (Wildman–Crippen LogP) is 2.45. The molecule has 0 saturated heterocycles. The first kappa shape index (κ1) is 21.2. The van der Waals surface area contributed by atoms with Gasteiger partial charge >= 0.3 is 12.1 Å². The Morgan fingerprint density at radius 1 is 1.22 bits per heavy atom. The summed E-state index contributed by atoms with van der Waals surface area (Å²) in [6.45, 7) is 7.15. The number of rotatable bonds is 4. The van der Waals surface area contributed by atoms with Crippen LogP contribution in [0.25, 0.3) is 0 Å². The summed E-state index contributed by atoms with van der Waals surface area (Å²) in [5.74, 6) is -2.59. The smallest absolute Gasteiger partial charge is 0.490 e. The monoisotopic (exact) mass is 337 g/mol. The number of halogens is 3. The average Bonchev–Trinajstić information content (AvgIpc) is 2.39. The van der Waals surface area contributed by atoms with Crippen molar-refractivity contribution in [1.29, 1.82) is 0 Å². The van der Waals surface area contributed by atoms with Crippen molar-refractivity contribution in [2.45, 2.75) is 45.5 Å². The van der Waals surface area contributed by atoms with Gasteiger partial charge in [-0.2, -0.15) is 13.2 Å². The minimum atomic E-state index is -5.08. The lowest BCUT2D eigenvalue weighted by Gasteiger charge is -2.20. The number of aliphatic hydroxyl groups excluding tert-OH is 1. The number of carboxylic acid groups (broad SMARTS) is 1. The van der Waals surface area contributed by atoms with Gasteiger partial charge in [0.05, 0.1) is 6.61 Å². The first-order valence-electron chi connectivity index (χ1n) is 6.83. The van der Waals surface area contributed by atoms with E-state index in [-0.39, 0.29) is 17.9 Å². The first-order valence-corrected chi connectivity index (χ1v) is 6.83. The Labute approximate surface area is 132 Å². The quantitative estimate of drug-likeness (QED) is 0.678. The van der Waals surface area contributed by atoms with Gasteiger partial charge in [-0.1, -0.05) is 6.07 Å². The molecule has 1 aromatic carbocycles. The fraction of sp³-hybridized carbons (Fsp3) is 0.533. The number of alkyl halides is 3. The molecule has 0 saturated carbocycles. The second-order valence-electron chi connectivity index (χ2n) is 5.85. The molecule has 0 aliphatic carbocycles. The number of nitrogens with one attached hydrogen (secondary N) is 1. The van der Waals surface area contributed by atoms with E-state index in [0.717, 1.165) is 18.5 Å². The van der Waals surface area contributed by atoms with Crippen LogP contribution < -0.4 is 5.32 Å². The lowest BCUT2D eigenvalue weighted by molar-refractivity contribution is -0.192. The number of carbonyl (C=O) groups is 1. The van der Waals surface area contributed by atoms with Crippen LogP contribution in [0.3, 0.4) is 0 Å². The van der Waals surface area contributed by atoms with Crippen LogP contribution in [0, 0.1) is 0 Å². The fourth-order valence-corrected chi connectivity index (χ4v) is 1.50. The number of aliphatic carboxylic acids is 1. The van der Waals surface area contributed by atoms with E-state index in [1.807, 2.05) is 12.1 Å².